The Hall–Kier alpha value is -1.13. The third kappa shape index (κ3) is 3.30. The molecular formula is C13H18ClN3O2S. The predicted molar refractivity (Wildman–Crippen MR) is 79.1 cm³/mol. The quantitative estimate of drug-likeness (QED) is 0.893. The molecule has 0 bridgehead atoms. The molecule has 1 fully saturated rings. The maximum atomic E-state index is 12.6. The molecule has 0 aliphatic carbocycles. The molecule has 1 aromatic carbocycles. The number of sulfonamides is 1. The Bertz CT molecular complexity index is 625. The van der Waals surface area contributed by atoms with Crippen LogP contribution in [-0.2, 0) is 10.0 Å². The molecular weight excluding hydrogens is 298 g/mol. The molecule has 1 aromatic rings. The van der Waals surface area contributed by atoms with Gasteiger partial charge in [-0.1, -0.05) is 6.07 Å². The summed E-state index contributed by atoms with van der Waals surface area (Å²) < 4.78 is 26.6. The van der Waals surface area contributed by atoms with Crippen LogP contribution in [0.1, 0.15) is 24.0 Å². The Morgan fingerprint density at radius 2 is 2.15 bits per heavy atom. The lowest BCUT2D eigenvalue weighted by atomic mass is 10.1. The average molecular weight is 316 g/mol. The molecule has 110 valence electrons. The molecule has 7 heteroatoms. The van der Waals surface area contributed by atoms with Crippen LogP contribution >= 0.6 is 12.4 Å². The summed E-state index contributed by atoms with van der Waals surface area (Å²) in [5.74, 6) is 0. The second kappa shape index (κ2) is 6.55. The summed E-state index contributed by atoms with van der Waals surface area (Å²) in [5.41, 5.74) is 6.84. The second-order valence-electron chi connectivity index (χ2n) is 4.86. The van der Waals surface area contributed by atoms with Crippen molar-refractivity contribution in [3.63, 3.8) is 0 Å². The molecule has 0 amide bonds. The molecule has 0 spiro atoms. The van der Waals surface area contributed by atoms with Gasteiger partial charge in [0.1, 0.15) is 0 Å². The van der Waals surface area contributed by atoms with E-state index in [4.69, 9.17) is 11.0 Å². The standard InChI is InChI=1S/C13H17N3O2S.ClH/c1-10-4-5-11(8-14)7-13(10)19(17,18)16-6-2-3-12(15)9-16;/h4-5,7,12H,2-3,6,9,15H2,1H3;1H. The summed E-state index contributed by atoms with van der Waals surface area (Å²) in [5, 5.41) is 8.89. The zero-order valence-electron chi connectivity index (χ0n) is 11.2. The highest BCUT2D eigenvalue weighted by Crippen LogP contribution is 2.23. The minimum atomic E-state index is -3.56. The van der Waals surface area contributed by atoms with E-state index in [2.05, 4.69) is 0 Å². The van der Waals surface area contributed by atoms with E-state index in [1.807, 2.05) is 6.07 Å². The lowest BCUT2D eigenvalue weighted by Gasteiger charge is -2.30. The molecule has 1 aliphatic heterocycles. The zero-order valence-corrected chi connectivity index (χ0v) is 12.9. The van der Waals surface area contributed by atoms with Gasteiger partial charge in [-0.25, -0.2) is 8.42 Å². The van der Waals surface area contributed by atoms with Crippen molar-refractivity contribution in [2.75, 3.05) is 13.1 Å². The first-order valence-corrected chi connectivity index (χ1v) is 7.65. The summed E-state index contributed by atoms with van der Waals surface area (Å²) in [6.45, 7) is 2.57. The van der Waals surface area contributed by atoms with Crippen molar-refractivity contribution in [1.29, 1.82) is 5.26 Å². The summed E-state index contributed by atoms with van der Waals surface area (Å²) in [6, 6.07) is 6.58. The van der Waals surface area contributed by atoms with E-state index in [-0.39, 0.29) is 23.3 Å². The smallest absolute Gasteiger partial charge is 0.243 e. The van der Waals surface area contributed by atoms with E-state index in [1.165, 1.54) is 10.4 Å². The van der Waals surface area contributed by atoms with Crippen molar-refractivity contribution < 1.29 is 8.42 Å². The fourth-order valence-corrected chi connectivity index (χ4v) is 4.07. The Kier molecular flexibility index (Phi) is 5.54. The monoisotopic (exact) mass is 315 g/mol. The average Bonchev–Trinajstić information content (AvgIpc) is 2.39. The number of aryl methyl sites for hydroxylation is 1. The number of nitriles is 1. The third-order valence-corrected chi connectivity index (χ3v) is 5.36. The molecule has 20 heavy (non-hydrogen) atoms. The van der Waals surface area contributed by atoms with Gasteiger partial charge in [-0.3, -0.25) is 0 Å². The van der Waals surface area contributed by atoms with Crippen molar-refractivity contribution >= 4 is 22.4 Å². The van der Waals surface area contributed by atoms with Gasteiger partial charge in [-0.15, -0.1) is 12.4 Å². The van der Waals surface area contributed by atoms with Gasteiger partial charge in [0, 0.05) is 19.1 Å². The van der Waals surface area contributed by atoms with Crippen LogP contribution in [0.15, 0.2) is 23.1 Å². The summed E-state index contributed by atoms with van der Waals surface area (Å²) in [4.78, 5) is 0.209. The van der Waals surface area contributed by atoms with Crippen molar-refractivity contribution in [3.05, 3.63) is 29.3 Å². The number of halogens is 1. The summed E-state index contributed by atoms with van der Waals surface area (Å²) in [6.07, 6.45) is 1.63. The number of hydrogen-bond donors (Lipinski definition) is 1. The molecule has 0 radical (unpaired) electrons. The lowest BCUT2D eigenvalue weighted by molar-refractivity contribution is 0.316. The number of rotatable bonds is 2. The van der Waals surface area contributed by atoms with Gasteiger partial charge in [0.25, 0.3) is 0 Å². The topological polar surface area (TPSA) is 87.2 Å². The normalized spacial score (nSPS) is 19.9. The Balaban J connectivity index is 0.00000200. The molecule has 1 saturated heterocycles. The van der Waals surface area contributed by atoms with E-state index in [0.717, 1.165) is 12.8 Å². The number of hydrogen-bond acceptors (Lipinski definition) is 4. The van der Waals surface area contributed by atoms with Crippen LogP contribution in [0.4, 0.5) is 0 Å². The molecule has 1 atom stereocenters. The van der Waals surface area contributed by atoms with Gasteiger partial charge in [-0.05, 0) is 37.5 Å². The largest absolute Gasteiger partial charge is 0.327 e. The molecule has 5 nitrogen and oxygen atoms in total. The second-order valence-corrected chi connectivity index (χ2v) is 6.76. The van der Waals surface area contributed by atoms with Crippen LogP contribution in [0.5, 0.6) is 0 Å². The first kappa shape index (κ1) is 16.9. The van der Waals surface area contributed by atoms with Gasteiger partial charge in [0.2, 0.25) is 10.0 Å². The number of nitrogens with zero attached hydrogens (tertiary/aromatic N) is 2. The van der Waals surface area contributed by atoms with Gasteiger partial charge in [0.15, 0.2) is 0 Å². The van der Waals surface area contributed by atoms with Crippen LogP contribution in [0, 0.1) is 18.3 Å². The first-order chi connectivity index (χ1) is 8.95. The van der Waals surface area contributed by atoms with E-state index in [9.17, 15) is 8.42 Å². The summed E-state index contributed by atoms with van der Waals surface area (Å²) in [7, 11) is -3.56. The van der Waals surface area contributed by atoms with Crippen LogP contribution in [0.25, 0.3) is 0 Å². The maximum Gasteiger partial charge on any atom is 0.243 e. The Morgan fingerprint density at radius 1 is 1.45 bits per heavy atom. The summed E-state index contributed by atoms with van der Waals surface area (Å²) >= 11 is 0. The Morgan fingerprint density at radius 3 is 2.75 bits per heavy atom. The molecule has 1 heterocycles. The molecule has 1 unspecified atom stereocenters. The third-order valence-electron chi connectivity index (χ3n) is 3.36. The van der Waals surface area contributed by atoms with Crippen molar-refractivity contribution in [2.24, 2.45) is 5.73 Å². The highest BCUT2D eigenvalue weighted by Gasteiger charge is 2.30. The van der Waals surface area contributed by atoms with E-state index < -0.39 is 10.0 Å². The van der Waals surface area contributed by atoms with Gasteiger partial charge >= 0.3 is 0 Å². The first-order valence-electron chi connectivity index (χ1n) is 6.21. The molecule has 0 aromatic heterocycles. The van der Waals surface area contributed by atoms with Gasteiger partial charge in [-0.2, -0.15) is 9.57 Å². The van der Waals surface area contributed by atoms with Crippen LogP contribution < -0.4 is 5.73 Å². The van der Waals surface area contributed by atoms with Crippen LogP contribution in [-0.4, -0.2) is 31.9 Å². The van der Waals surface area contributed by atoms with Crippen molar-refractivity contribution in [3.8, 4) is 6.07 Å². The maximum absolute atomic E-state index is 12.6. The van der Waals surface area contributed by atoms with Crippen molar-refractivity contribution in [2.45, 2.75) is 30.7 Å². The fourth-order valence-electron chi connectivity index (χ4n) is 2.28. The highest BCUT2D eigenvalue weighted by atomic mass is 35.5. The lowest BCUT2D eigenvalue weighted by Crippen LogP contribution is -2.45. The van der Waals surface area contributed by atoms with E-state index in [1.54, 1.807) is 19.1 Å². The molecule has 2 N–H and O–H groups in total. The fraction of sp³-hybridized carbons (Fsp3) is 0.462. The molecule has 0 saturated carbocycles. The van der Waals surface area contributed by atoms with Crippen LogP contribution in [0.3, 0.4) is 0 Å². The Labute approximate surface area is 125 Å². The SMILES string of the molecule is Cc1ccc(C#N)cc1S(=O)(=O)N1CCCC(N)C1.Cl. The highest BCUT2D eigenvalue weighted by molar-refractivity contribution is 7.89. The predicted octanol–water partition coefficient (Wildman–Crippen LogP) is 1.40. The minimum Gasteiger partial charge on any atom is -0.327 e. The number of benzene rings is 1. The van der Waals surface area contributed by atoms with Gasteiger partial charge < -0.3 is 5.73 Å². The number of piperidine rings is 1. The van der Waals surface area contributed by atoms with Crippen LogP contribution in [0.2, 0.25) is 0 Å². The van der Waals surface area contributed by atoms with Crippen molar-refractivity contribution in [1.82, 2.24) is 4.31 Å². The van der Waals surface area contributed by atoms with E-state index in [0.29, 0.717) is 24.2 Å². The van der Waals surface area contributed by atoms with Gasteiger partial charge in [0.05, 0.1) is 16.5 Å². The molecule has 1 aliphatic rings. The molecule has 2 rings (SSSR count). The van der Waals surface area contributed by atoms with E-state index >= 15 is 0 Å². The zero-order chi connectivity index (χ0) is 14.0. The number of nitrogens with two attached hydrogens (primary N) is 1. The minimum absolute atomic E-state index is 0.